The first kappa shape index (κ1) is 17.0. The maximum atomic E-state index is 3.63. The summed E-state index contributed by atoms with van der Waals surface area (Å²) in [5.41, 5.74) is 0.507. The Hall–Kier alpha value is -0.0800. The van der Waals surface area contributed by atoms with Gasteiger partial charge in [0.05, 0.1) is 0 Å². The number of likely N-dealkylation sites (tertiary alicyclic amines) is 1. The predicted molar refractivity (Wildman–Crippen MR) is 85.7 cm³/mol. The first-order valence-electron chi connectivity index (χ1n) is 8.60. The molecule has 2 heteroatoms. The lowest BCUT2D eigenvalue weighted by Crippen LogP contribution is -2.38. The van der Waals surface area contributed by atoms with Gasteiger partial charge < -0.3 is 5.32 Å². The molecule has 114 valence electrons. The number of nitrogens with zero attached hydrogens (tertiary/aromatic N) is 1. The lowest BCUT2D eigenvalue weighted by Gasteiger charge is -2.30. The van der Waals surface area contributed by atoms with Crippen molar-refractivity contribution in [3.8, 4) is 0 Å². The minimum Gasteiger partial charge on any atom is -0.316 e. The van der Waals surface area contributed by atoms with Gasteiger partial charge in [-0.25, -0.2) is 0 Å². The minimum absolute atomic E-state index is 0.507. The van der Waals surface area contributed by atoms with E-state index < -0.39 is 0 Å². The minimum atomic E-state index is 0.507. The standard InChI is InChI=1S/C17H36N2/c1-5-8-10-16(9-6-2)19-13-11-17(4,15-19)14-18-12-7-3/h16,18H,5-15H2,1-4H3. The van der Waals surface area contributed by atoms with Crippen molar-refractivity contribution in [3.63, 3.8) is 0 Å². The first-order chi connectivity index (χ1) is 9.15. The summed E-state index contributed by atoms with van der Waals surface area (Å²) in [5.74, 6) is 0. The Balaban J connectivity index is 2.41. The summed E-state index contributed by atoms with van der Waals surface area (Å²) in [5, 5.41) is 3.63. The molecule has 1 N–H and O–H groups in total. The van der Waals surface area contributed by atoms with Gasteiger partial charge in [0.25, 0.3) is 0 Å². The Morgan fingerprint density at radius 2 is 1.89 bits per heavy atom. The highest BCUT2D eigenvalue weighted by atomic mass is 15.2. The van der Waals surface area contributed by atoms with E-state index in [-0.39, 0.29) is 0 Å². The van der Waals surface area contributed by atoms with Crippen molar-refractivity contribution in [1.29, 1.82) is 0 Å². The highest BCUT2D eigenvalue weighted by Gasteiger charge is 2.35. The number of hydrogen-bond acceptors (Lipinski definition) is 2. The third-order valence-corrected chi connectivity index (χ3v) is 4.60. The fourth-order valence-electron chi connectivity index (χ4n) is 3.37. The molecule has 1 heterocycles. The van der Waals surface area contributed by atoms with Gasteiger partial charge in [0.15, 0.2) is 0 Å². The van der Waals surface area contributed by atoms with Gasteiger partial charge in [0.2, 0.25) is 0 Å². The van der Waals surface area contributed by atoms with Crippen LogP contribution in [0, 0.1) is 5.41 Å². The molecule has 2 unspecified atom stereocenters. The van der Waals surface area contributed by atoms with E-state index >= 15 is 0 Å². The molecular formula is C17H36N2. The molecule has 0 amide bonds. The Labute approximate surface area is 121 Å². The molecule has 0 radical (unpaired) electrons. The second-order valence-corrected chi connectivity index (χ2v) is 6.79. The zero-order valence-electron chi connectivity index (χ0n) is 13.8. The summed E-state index contributed by atoms with van der Waals surface area (Å²) in [7, 11) is 0. The van der Waals surface area contributed by atoms with Crippen LogP contribution < -0.4 is 5.32 Å². The topological polar surface area (TPSA) is 15.3 Å². The first-order valence-corrected chi connectivity index (χ1v) is 8.60. The van der Waals surface area contributed by atoms with Gasteiger partial charge in [-0.3, -0.25) is 4.90 Å². The highest BCUT2D eigenvalue weighted by molar-refractivity contribution is 4.90. The van der Waals surface area contributed by atoms with Crippen molar-refractivity contribution < 1.29 is 0 Å². The molecule has 0 spiro atoms. The molecule has 1 saturated heterocycles. The van der Waals surface area contributed by atoms with Crippen molar-refractivity contribution in [1.82, 2.24) is 10.2 Å². The number of unbranched alkanes of at least 4 members (excludes halogenated alkanes) is 1. The van der Waals surface area contributed by atoms with Crippen LogP contribution in [0.15, 0.2) is 0 Å². The van der Waals surface area contributed by atoms with Gasteiger partial charge in [-0.15, -0.1) is 0 Å². The van der Waals surface area contributed by atoms with Crippen LogP contribution in [0.4, 0.5) is 0 Å². The summed E-state index contributed by atoms with van der Waals surface area (Å²) >= 11 is 0. The second kappa shape index (κ2) is 8.97. The van der Waals surface area contributed by atoms with Crippen molar-refractivity contribution in [2.45, 2.75) is 78.7 Å². The van der Waals surface area contributed by atoms with E-state index in [0.29, 0.717) is 5.41 Å². The monoisotopic (exact) mass is 268 g/mol. The van der Waals surface area contributed by atoms with E-state index in [1.807, 2.05) is 0 Å². The van der Waals surface area contributed by atoms with E-state index in [4.69, 9.17) is 0 Å². The van der Waals surface area contributed by atoms with Gasteiger partial charge in [-0.1, -0.05) is 47.0 Å². The van der Waals surface area contributed by atoms with Crippen LogP contribution in [0.2, 0.25) is 0 Å². The molecule has 1 rings (SSSR count). The third-order valence-electron chi connectivity index (χ3n) is 4.60. The molecule has 0 aromatic heterocycles. The van der Waals surface area contributed by atoms with Crippen molar-refractivity contribution >= 4 is 0 Å². The maximum absolute atomic E-state index is 3.63. The van der Waals surface area contributed by atoms with Crippen molar-refractivity contribution in [3.05, 3.63) is 0 Å². The summed E-state index contributed by atoms with van der Waals surface area (Å²) in [6.07, 6.45) is 9.47. The van der Waals surface area contributed by atoms with Crippen LogP contribution in [-0.2, 0) is 0 Å². The molecule has 0 aromatic carbocycles. The molecule has 0 aliphatic carbocycles. The predicted octanol–water partition coefficient (Wildman–Crippen LogP) is 4.06. The van der Waals surface area contributed by atoms with Crippen LogP contribution in [0.5, 0.6) is 0 Å². The molecular weight excluding hydrogens is 232 g/mol. The number of hydrogen-bond donors (Lipinski definition) is 1. The summed E-state index contributed by atoms with van der Waals surface area (Å²) in [6.45, 7) is 14.4. The molecule has 0 saturated carbocycles. The molecule has 19 heavy (non-hydrogen) atoms. The zero-order chi connectivity index (χ0) is 14.1. The average molecular weight is 268 g/mol. The van der Waals surface area contributed by atoms with Crippen LogP contribution in [0.25, 0.3) is 0 Å². The normalized spacial score (nSPS) is 25.9. The van der Waals surface area contributed by atoms with Crippen LogP contribution in [0.1, 0.15) is 72.6 Å². The Kier molecular flexibility index (Phi) is 8.01. The van der Waals surface area contributed by atoms with Crippen LogP contribution in [-0.4, -0.2) is 37.1 Å². The van der Waals surface area contributed by atoms with Crippen molar-refractivity contribution in [2.24, 2.45) is 5.41 Å². The van der Waals surface area contributed by atoms with E-state index in [1.54, 1.807) is 0 Å². The maximum Gasteiger partial charge on any atom is 0.00953 e. The molecule has 0 aromatic rings. The van der Waals surface area contributed by atoms with Crippen LogP contribution >= 0.6 is 0 Å². The summed E-state index contributed by atoms with van der Waals surface area (Å²) in [4.78, 5) is 2.78. The number of nitrogens with one attached hydrogen (secondary N) is 1. The molecule has 1 aliphatic heterocycles. The molecule has 1 fully saturated rings. The molecule has 1 aliphatic rings. The lowest BCUT2D eigenvalue weighted by atomic mass is 9.89. The third kappa shape index (κ3) is 5.83. The molecule has 0 bridgehead atoms. The van der Waals surface area contributed by atoms with Gasteiger partial charge in [-0.05, 0) is 44.2 Å². The average Bonchev–Trinajstić information content (AvgIpc) is 2.78. The fourth-order valence-corrected chi connectivity index (χ4v) is 3.37. The second-order valence-electron chi connectivity index (χ2n) is 6.79. The Bertz CT molecular complexity index is 229. The smallest absolute Gasteiger partial charge is 0.00953 e. The van der Waals surface area contributed by atoms with Gasteiger partial charge >= 0.3 is 0 Å². The van der Waals surface area contributed by atoms with E-state index in [0.717, 1.165) is 6.04 Å². The number of rotatable bonds is 10. The van der Waals surface area contributed by atoms with E-state index in [9.17, 15) is 0 Å². The SMILES string of the molecule is CCCCC(CCC)N1CCC(C)(CNCCC)C1. The van der Waals surface area contributed by atoms with Gasteiger partial charge in [-0.2, -0.15) is 0 Å². The molecule has 2 nitrogen and oxygen atoms in total. The Morgan fingerprint density at radius 3 is 2.53 bits per heavy atom. The quantitative estimate of drug-likeness (QED) is 0.601. The van der Waals surface area contributed by atoms with Crippen molar-refractivity contribution in [2.75, 3.05) is 26.2 Å². The van der Waals surface area contributed by atoms with E-state index in [2.05, 4.69) is 37.9 Å². The lowest BCUT2D eigenvalue weighted by molar-refractivity contribution is 0.186. The highest BCUT2D eigenvalue weighted by Crippen LogP contribution is 2.32. The zero-order valence-corrected chi connectivity index (χ0v) is 13.8. The largest absolute Gasteiger partial charge is 0.316 e. The summed E-state index contributed by atoms with van der Waals surface area (Å²) in [6, 6.07) is 0.845. The fraction of sp³-hybridized carbons (Fsp3) is 1.00. The van der Waals surface area contributed by atoms with Gasteiger partial charge in [0.1, 0.15) is 0 Å². The summed E-state index contributed by atoms with van der Waals surface area (Å²) < 4.78 is 0. The molecule has 2 atom stereocenters. The van der Waals surface area contributed by atoms with Crippen LogP contribution in [0.3, 0.4) is 0 Å². The Morgan fingerprint density at radius 1 is 1.11 bits per heavy atom. The van der Waals surface area contributed by atoms with Gasteiger partial charge in [0, 0.05) is 19.1 Å². The van der Waals surface area contributed by atoms with E-state index in [1.165, 1.54) is 71.1 Å².